The molecule has 0 bridgehead atoms. The molecular weight excluding hydrogens is 346 g/mol. The second-order valence-corrected chi connectivity index (χ2v) is 6.44. The Balaban J connectivity index is 1.64. The Bertz CT molecular complexity index is 1040. The highest BCUT2D eigenvalue weighted by atomic mass is 35.5. The fraction of sp³-hybridized carbons (Fsp3) is 0.0952. The molecule has 4 rings (SSSR count). The van der Waals surface area contributed by atoms with Gasteiger partial charge in [-0.05, 0) is 48.5 Å². The molecule has 0 atom stereocenters. The first-order valence-corrected chi connectivity index (χ1v) is 8.78. The highest BCUT2D eigenvalue weighted by Gasteiger charge is 2.12. The van der Waals surface area contributed by atoms with E-state index in [1.54, 1.807) is 0 Å². The maximum absolute atomic E-state index is 5.96. The predicted octanol–water partition coefficient (Wildman–Crippen LogP) is 5.02. The smallest absolute Gasteiger partial charge is 0.141 e. The second-order valence-electron chi connectivity index (χ2n) is 6.00. The van der Waals surface area contributed by atoms with E-state index in [2.05, 4.69) is 10.6 Å². The van der Waals surface area contributed by atoms with Crippen molar-refractivity contribution in [1.29, 1.82) is 0 Å². The molecule has 4 nitrogen and oxygen atoms in total. The lowest BCUT2D eigenvalue weighted by Crippen LogP contribution is -2.09. The summed E-state index contributed by atoms with van der Waals surface area (Å²) in [7, 11) is 0. The van der Waals surface area contributed by atoms with Gasteiger partial charge in [-0.2, -0.15) is 0 Å². The van der Waals surface area contributed by atoms with Gasteiger partial charge in [0.15, 0.2) is 0 Å². The first-order chi connectivity index (χ1) is 12.7. The SMILES string of the molecule is Nc1cccc(-c2nc3ccccc3n2CCOc2ccc(Cl)cc2)c1. The second kappa shape index (κ2) is 7.10. The maximum Gasteiger partial charge on any atom is 0.141 e. The van der Waals surface area contributed by atoms with Gasteiger partial charge in [-0.1, -0.05) is 35.9 Å². The van der Waals surface area contributed by atoms with Crippen LogP contribution in [0.2, 0.25) is 5.02 Å². The summed E-state index contributed by atoms with van der Waals surface area (Å²) in [5, 5.41) is 0.696. The summed E-state index contributed by atoms with van der Waals surface area (Å²) in [4.78, 5) is 4.80. The molecule has 1 heterocycles. The number of benzene rings is 3. The summed E-state index contributed by atoms with van der Waals surface area (Å²) in [5.41, 5.74) is 9.70. The summed E-state index contributed by atoms with van der Waals surface area (Å²) < 4.78 is 8.03. The van der Waals surface area contributed by atoms with E-state index in [-0.39, 0.29) is 0 Å². The standard InChI is InChI=1S/C21H18ClN3O/c22-16-8-10-18(11-9-16)26-13-12-25-20-7-2-1-6-19(20)24-21(25)15-4-3-5-17(23)14-15/h1-11,14H,12-13,23H2. The van der Waals surface area contributed by atoms with E-state index < -0.39 is 0 Å². The van der Waals surface area contributed by atoms with Crippen molar-refractivity contribution in [3.8, 4) is 17.1 Å². The van der Waals surface area contributed by atoms with Gasteiger partial charge in [0, 0.05) is 16.3 Å². The molecule has 0 aliphatic carbocycles. The van der Waals surface area contributed by atoms with Crippen LogP contribution in [0, 0.1) is 0 Å². The van der Waals surface area contributed by atoms with E-state index in [9.17, 15) is 0 Å². The van der Waals surface area contributed by atoms with Gasteiger partial charge >= 0.3 is 0 Å². The number of nitrogens with two attached hydrogens (primary N) is 1. The zero-order valence-electron chi connectivity index (χ0n) is 14.1. The third kappa shape index (κ3) is 3.37. The minimum Gasteiger partial charge on any atom is -0.492 e. The molecule has 5 heteroatoms. The number of nitrogens with zero attached hydrogens (tertiary/aromatic N) is 2. The minimum absolute atomic E-state index is 0.525. The van der Waals surface area contributed by atoms with E-state index in [4.69, 9.17) is 27.1 Å². The Kier molecular flexibility index (Phi) is 4.50. The van der Waals surface area contributed by atoms with Crippen LogP contribution in [0.25, 0.3) is 22.4 Å². The van der Waals surface area contributed by atoms with Gasteiger partial charge in [0.2, 0.25) is 0 Å². The fourth-order valence-corrected chi connectivity index (χ4v) is 3.11. The van der Waals surface area contributed by atoms with Crippen LogP contribution in [0.1, 0.15) is 0 Å². The zero-order valence-corrected chi connectivity index (χ0v) is 14.9. The summed E-state index contributed by atoms with van der Waals surface area (Å²) in [5.74, 6) is 1.68. The number of rotatable bonds is 5. The zero-order chi connectivity index (χ0) is 17.9. The molecule has 0 amide bonds. The largest absolute Gasteiger partial charge is 0.492 e. The van der Waals surface area contributed by atoms with Gasteiger partial charge in [0.1, 0.15) is 18.2 Å². The molecule has 4 aromatic rings. The van der Waals surface area contributed by atoms with Crippen LogP contribution in [0.15, 0.2) is 72.8 Å². The third-order valence-electron chi connectivity index (χ3n) is 4.20. The number of fused-ring (bicyclic) bond motifs is 1. The monoisotopic (exact) mass is 363 g/mol. The van der Waals surface area contributed by atoms with Gasteiger partial charge < -0.3 is 15.0 Å². The Morgan fingerprint density at radius 3 is 2.58 bits per heavy atom. The van der Waals surface area contributed by atoms with Gasteiger partial charge in [0.25, 0.3) is 0 Å². The molecule has 0 aliphatic rings. The van der Waals surface area contributed by atoms with Crippen molar-refractivity contribution in [2.45, 2.75) is 6.54 Å². The first kappa shape index (κ1) is 16.5. The number of hydrogen-bond acceptors (Lipinski definition) is 3. The number of ether oxygens (including phenoxy) is 1. The number of aromatic nitrogens is 2. The number of para-hydroxylation sites is 2. The van der Waals surface area contributed by atoms with Crippen LogP contribution in [0.3, 0.4) is 0 Å². The molecule has 3 aromatic carbocycles. The predicted molar refractivity (Wildman–Crippen MR) is 107 cm³/mol. The van der Waals surface area contributed by atoms with E-state index >= 15 is 0 Å². The van der Waals surface area contributed by atoms with Crippen molar-refractivity contribution in [2.75, 3.05) is 12.3 Å². The summed E-state index contributed by atoms with van der Waals surface area (Å²) >= 11 is 5.92. The van der Waals surface area contributed by atoms with Crippen molar-refractivity contribution in [3.05, 3.63) is 77.8 Å². The fourth-order valence-electron chi connectivity index (χ4n) is 2.99. The first-order valence-electron chi connectivity index (χ1n) is 8.40. The molecular formula is C21H18ClN3O. The van der Waals surface area contributed by atoms with Crippen molar-refractivity contribution in [1.82, 2.24) is 9.55 Å². The van der Waals surface area contributed by atoms with Crippen LogP contribution in [0.4, 0.5) is 5.69 Å². The topological polar surface area (TPSA) is 53.1 Å². The molecule has 0 saturated carbocycles. The molecule has 0 aliphatic heterocycles. The van der Waals surface area contributed by atoms with Crippen molar-refractivity contribution >= 4 is 28.3 Å². The molecule has 0 saturated heterocycles. The Hall–Kier alpha value is -2.98. The maximum atomic E-state index is 5.96. The van der Waals surface area contributed by atoms with E-state index in [1.807, 2.05) is 66.7 Å². The summed E-state index contributed by atoms with van der Waals surface area (Å²) in [6.45, 7) is 1.20. The average molecular weight is 364 g/mol. The highest BCUT2D eigenvalue weighted by molar-refractivity contribution is 6.30. The lowest BCUT2D eigenvalue weighted by molar-refractivity contribution is 0.301. The lowest BCUT2D eigenvalue weighted by atomic mass is 10.2. The third-order valence-corrected chi connectivity index (χ3v) is 4.45. The number of imidazole rings is 1. The summed E-state index contributed by atoms with van der Waals surface area (Å²) in [6.07, 6.45) is 0. The van der Waals surface area contributed by atoms with Gasteiger partial charge in [-0.3, -0.25) is 0 Å². The molecule has 0 fully saturated rings. The number of halogens is 1. The Morgan fingerprint density at radius 2 is 1.77 bits per heavy atom. The normalized spacial score (nSPS) is 11.0. The average Bonchev–Trinajstić information content (AvgIpc) is 3.02. The Morgan fingerprint density at radius 1 is 0.962 bits per heavy atom. The van der Waals surface area contributed by atoms with Gasteiger partial charge in [0.05, 0.1) is 17.6 Å². The van der Waals surface area contributed by atoms with Crippen LogP contribution >= 0.6 is 11.6 Å². The lowest BCUT2D eigenvalue weighted by Gasteiger charge is -2.11. The quantitative estimate of drug-likeness (QED) is 0.506. The highest BCUT2D eigenvalue weighted by Crippen LogP contribution is 2.26. The number of hydrogen-bond donors (Lipinski definition) is 1. The van der Waals surface area contributed by atoms with E-state index in [0.29, 0.717) is 18.2 Å². The number of anilines is 1. The van der Waals surface area contributed by atoms with Crippen molar-refractivity contribution in [3.63, 3.8) is 0 Å². The van der Waals surface area contributed by atoms with E-state index in [1.165, 1.54) is 0 Å². The molecule has 130 valence electrons. The van der Waals surface area contributed by atoms with Gasteiger partial charge in [-0.15, -0.1) is 0 Å². The van der Waals surface area contributed by atoms with Crippen LogP contribution < -0.4 is 10.5 Å². The van der Waals surface area contributed by atoms with Crippen LogP contribution in [0.5, 0.6) is 5.75 Å². The summed E-state index contributed by atoms with van der Waals surface area (Å²) in [6, 6.07) is 23.3. The van der Waals surface area contributed by atoms with Gasteiger partial charge in [-0.25, -0.2) is 4.98 Å². The Labute approximate surface area is 156 Å². The molecule has 0 radical (unpaired) electrons. The van der Waals surface area contributed by atoms with Crippen molar-refractivity contribution < 1.29 is 4.74 Å². The van der Waals surface area contributed by atoms with Crippen LogP contribution in [-0.2, 0) is 6.54 Å². The molecule has 26 heavy (non-hydrogen) atoms. The molecule has 1 aromatic heterocycles. The van der Waals surface area contributed by atoms with E-state index in [0.717, 1.165) is 33.9 Å². The van der Waals surface area contributed by atoms with Crippen LogP contribution in [-0.4, -0.2) is 16.2 Å². The molecule has 2 N–H and O–H groups in total. The molecule has 0 unspecified atom stereocenters. The number of nitrogen functional groups attached to an aromatic ring is 1. The minimum atomic E-state index is 0.525. The van der Waals surface area contributed by atoms with Crippen molar-refractivity contribution in [2.24, 2.45) is 0 Å². The molecule has 0 spiro atoms.